The Hall–Kier alpha value is -3.56. The highest BCUT2D eigenvalue weighted by atomic mass is 16.6. The molecule has 2 aromatic heterocycles. The van der Waals surface area contributed by atoms with E-state index in [4.69, 9.17) is 4.42 Å². The zero-order valence-corrected chi connectivity index (χ0v) is 13.8. The number of aromatic nitrogens is 3. The highest BCUT2D eigenvalue weighted by Gasteiger charge is 2.35. The van der Waals surface area contributed by atoms with E-state index in [9.17, 15) is 15.3 Å². The molecule has 0 bridgehead atoms. The molecule has 4 rings (SSSR count). The molecular weight excluding hydrogens is 340 g/mol. The molecular formula is C16H16N6O4. The lowest BCUT2D eigenvalue weighted by atomic mass is 10.3. The molecule has 0 spiro atoms. The summed E-state index contributed by atoms with van der Waals surface area (Å²) < 4.78 is 5.38. The SMILES string of the molecule is O=[N+]([O-])c1nn(-c2ccccc2)[n+]([O-])c1N1CCN(c2ccco2)CC1. The van der Waals surface area contributed by atoms with Crippen molar-refractivity contribution in [2.75, 3.05) is 36.0 Å². The van der Waals surface area contributed by atoms with Gasteiger partial charge in [-0.2, -0.15) is 4.85 Å². The summed E-state index contributed by atoms with van der Waals surface area (Å²) in [6, 6.07) is 12.3. The molecule has 1 saturated heterocycles. The van der Waals surface area contributed by atoms with Crippen LogP contribution >= 0.6 is 0 Å². The molecule has 0 N–H and O–H groups in total. The molecule has 10 nitrogen and oxygen atoms in total. The van der Waals surface area contributed by atoms with Gasteiger partial charge >= 0.3 is 11.6 Å². The summed E-state index contributed by atoms with van der Waals surface area (Å²) in [5.74, 6) is 0.252. The second kappa shape index (κ2) is 6.39. The predicted octanol–water partition coefficient (Wildman–Crippen LogP) is 1.33. The average molecular weight is 356 g/mol. The third-order valence-electron chi connectivity index (χ3n) is 4.30. The molecule has 0 atom stereocenters. The third kappa shape index (κ3) is 2.70. The normalized spacial score (nSPS) is 14.6. The minimum Gasteiger partial charge on any atom is -0.723 e. The summed E-state index contributed by atoms with van der Waals surface area (Å²) in [6.07, 6.45) is 1.60. The van der Waals surface area contributed by atoms with Gasteiger partial charge in [-0.25, -0.2) is 0 Å². The van der Waals surface area contributed by atoms with Crippen molar-refractivity contribution in [1.82, 2.24) is 9.90 Å². The Morgan fingerprint density at radius 3 is 2.35 bits per heavy atom. The molecule has 3 heterocycles. The molecule has 134 valence electrons. The Morgan fingerprint density at radius 1 is 1.04 bits per heavy atom. The molecule has 0 amide bonds. The largest absolute Gasteiger partial charge is 0.723 e. The smallest absolute Gasteiger partial charge is 0.428 e. The van der Waals surface area contributed by atoms with Crippen LogP contribution in [0.5, 0.6) is 0 Å². The fraction of sp³-hybridized carbons (Fsp3) is 0.250. The summed E-state index contributed by atoms with van der Waals surface area (Å²) in [5.41, 5.74) is 0.464. The van der Waals surface area contributed by atoms with Crippen LogP contribution in [0.3, 0.4) is 0 Å². The first-order valence-corrected chi connectivity index (χ1v) is 8.11. The van der Waals surface area contributed by atoms with E-state index in [2.05, 4.69) is 5.10 Å². The van der Waals surface area contributed by atoms with E-state index < -0.39 is 10.7 Å². The maximum atomic E-state index is 12.7. The molecule has 10 heteroatoms. The van der Waals surface area contributed by atoms with Crippen molar-refractivity contribution < 1.29 is 14.2 Å². The molecule has 0 saturated carbocycles. The lowest BCUT2D eigenvalue weighted by Gasteiger charge is -2.32. The standard InChI is InChI=1S/C16H16N6O4/c23-21-16(19-10-8-18(9-11-19)14-7-4-12-26-14)15(22(24)25)17-20(21)13-5-2-1-3-6-13/h1-7,12H,8-11H2. The fourth-order valence-corrected chi connectivity index (χ4v) is 3.04. The summed E-state index contributed by atoms with van der Waals surface area (Å²) in [4.78, 5) is 16.0. The van der Waals surface area contributed by atoms with Crippen LogP contribution in [0.15, 0.2) is 53.1 Å². The van der Waals surface area contributed by atoms with E-state index in [-0.39, 0.29) is 5.82 Å². The Kier molecular flexibility index (Phi) is 3.92. The molecule has 1 aliphatic rings. The number of hydrogen-bond acceptors (Lipinski definition) is 7. The number of para-hydroxylation sites is 1. The zero-order valence-electron chi connectivity index (χ0n) is 13.8. The van der Waals surface area contributed by atoms with Crippen molar-refractivity contribution in [3.05, 3.63) is 64.0 Å². The maximum Gasteiger partial charge on any atom is 0.428 e. The van der Waals surface area contributed by atoms with Gasteiger partial charge in [-0.15, -0.1) is 0 Å². The van der Waals surface area contributed by atoms with Gasteiger partial charge in [0, 0.05) is 11.2 Å². The van der Waals surface area contributed by atoms with Crippen molar-refractivity contribution >= 4 is 17.5 Å². The van der Waals surface area contributed by atoms with E-state index in [1.54, 1.807) is 41.5 Å². The van der Waals surface area contributed by atoms with Gasteiger partial charge in [0.15, 0.2) is 5.88 Å². The minimum atomic E-state index is -0.623. The van der Waals surface area contributed by atoms with Gasteiger partial charge in [-0.1, -0.05) is 23.0 Å². The predicted molar refractivity (Wildman–Crippen MR) is 92.3 cm³/mol. The summed E-state index contributed by atoms with van der Waals surface area (Å²) >= 11 is 0. The second-order valence-corrected chi connectivity index (χ2v) is 5.83. The molecule has 3 aromatic rings. The van der Waals surface area contributed by atoms with Gasteiger partial charge in [0.1, 0.15) is 5.69 Å². The zero-order chi connectivity index (χ0) is 18.1. The number of anilines is 2. The van der Waals surface area contributed by atoms with Crippen molar-refractivity contribution in [2.45, 2.75) is 0 Å². The van der Waals surface area contributed by atoms with Gasteiger partial charge in [0.25, 0.3) is 0 Å². The van der Waals surface area contributed by atoms with Crippen molar-refractivity contribution in [2.24, 2.45) is 0 Å². The van der Waals surface area contributed by atoms with E-state index >= 15 is 0 Å². The van der Waals surface area contributed by atoms with E-state index in [1.165, 1.54) is 0 Å². The van der Waals surface area contributed by atoms with Gasteiger partial charge in [0.05, 0.1) is 32.4 Å². The van der Waals surface area contributed by atoms with E-state index in [0.29, 0.717) is 36.7 Å². The van der Waals surface area contributed by atoms with Gasteiger partial charge in [0.2, 0.25) is 0 Å². The van der Waals surface area contributed by atoms with Crippen LogP contribution in [0.25, 0.3) is 5.69 Å². The van der Waals surface area contributed by atoms with Crippen molar-refractivity contribution in [3.8, 4) is 5.69 Å². The average Bonchev–Trinajstić information content (AvgIpc) is 3.31. The molecule has 0 unspecified atom stereocenters. The summed E-state index contributed by atoms with van der Waals surface area (Å²) in [5, 5.41) is 28.1. The van der Waals surface area contributed by atoms with Crippen LogP contribution in [-0.4, -0.2) is 41.0 Å². The quantitative estimate of drug-likeness (QED) is 0.300. The van der Waals surface area contributed by atoms with Crippen LogP contribution < -0.4 is 14.6 Å². The second-order valence-electron chi connectivity index (χ2n) is 5.83. The Labute approximate surface area is 148 Å². The number of nitro groups is 1. The molecule has 0 aliphatic carbocycles. The fourth-order valence-electron chi connectivity index (χ4n) is 3.04. The molecule has 1 fully saturated rings. The third-order valence-corrected chi connectivity index (χ3v) is 4.30. The number of hydrogen-bond donors (Lipinski definition) is 0. The first-order valence-electron chi connectivity index (χ1n) is 8.11. The van der Waals surface area contributed by atoms with Crippen molar-refractivity contribution in [3.63, 3.8) is 0 Å². The topological polar surface area (TPSA) is 108 Å². The lowest BCUT2D eigenvalue weighted by molar-refractivity contribution is -0.677. The highest BCUT2D eigenvalue weighted by Crippen LogP contribution is 2.25. The Bertz CT molecular complexity index is 900. The van der Waals surface area contributed by atoms with Crippen LogP contribution in [0.4, 0.5) is 17.5 Å². The summed E-state index contributed by atoms with van der Waals surface area (Å²) in [7, 11) is 0. The number of rotatable bonds is 4. The monoisotopic (exact) mass is 356 g/mol. The van der Waals surface area contributed by atoms with E-state index in [1.807, 2.05) is 17.0 Å². The maximum absolute atomic E-state index is 12.7. The van der Waals surface area contributed by atoms with E-state index in [0.717, 1.165) is 10.7 Å². The van der Waals surface area contributed by atoms with Crippen LogP contribution in [0.1, 0.15) is 0 Å². The Morgan fingerprint density at radius 2 is 1.73 bits per heavy atom. The van der Waals surface area contributed by atoms with Crippen LogP contribution in [-0.2, 0) is 0 Å². The molecule has 1 aliphatic heterocycles. The number of nitrogens with zero attached hydrogens (tertiary/aromatic N) is 6. The first-order chi connectivity index (χ1) is 12.6. The number of furan rings is 1. The molecule has 0 radical (unpaired) electrons. The van der Waals surface area contributed by atoms with Crippen LogP contribution in [0, 0.1) is 15.3 Å². The first kappa shape index (κ1) is 15.9. The van der Waals surface area contributed by atoms with Crippen LogP contribution in [0.2, 0.25) is 0 Å². The van der Waals surface area contributed by atoms with Crippen molar-refractivity contribution in [1.29, 1.82) is 0 Å². The van der Waals surface area contributed by atoms with Gasteiger partial charge in [-0.3, -0.25) is 4.90 Å². The highest BCUT2D eigenvalue weighted by molar-refractivity contribution is 5.51. The molecule has 1 aromatic carbocycles. The number of benzene rings is 1. The van der Waals surface area contributed by atoms with Gasteiger partial charge in [-0.05, 0) is 23.1 Å². The Balaban J connectivity index is 1.64. The lowest BCUT2D eigenvalue weighted by Crippen LogP contribution is -2.51. The van der Waals surface area contributed by atoms with Gasteiger partial charge < -0.3 is 24.6 Å². The molecule has 26 heavy (non-hydrogen) atoms. The summed E-state index contributed by atoms with van der Waals surface area (Å²) in [6.45, 7) is 2.07. The minimum absolute atomic E-state index is 0.0436. The number of piperazine rings is 1.